The Balaban J connectivity index is 0.000000313. The first-order valence-corrected chi connectivity index (χ1v) is 28.6. The van der Waals surface area contributed by atoms with E-state index in [0.717, 1.165) is 63.3 Å². The smallest absolute Gasteiger partial charge is 0.416 e. The Bertz CT molecular complexity index is 3510. The summed E-state index contributed by atoms with van der Waals surface area (Å²) in [6, 6.07) is 29.5. The predicted octanol–water partition coefficient (Wildman–Crippen LogP) is 14.8. The standard InChI is InChI=1S/C21H18F3N3O3S.C13H12F3N3OS.C13H12N2O4S.C8H8F3N.CH3Br.CH4/c1-13-7-8-15(9-16(13)21(22,23)24)27-19(28)17-10-25-18(31-17)11-26-20(29)30-12-14-5-3-2-4-6-14;1-7-2-3-8(4-9(7)13(14,15)16)19-12(20)10-6-18-11(5-17)21-10;16-12(17)10-6-14-11(20-10)7-15-13(18)19-8-9-4-2-1-3-5-9;1-5-2-3-6(12)4-7(5)8(9,10)11;1-2;/h2-10H,11-12H2,1H3,(H,26,29)(H,27,28);2-4,6H,5,17H2,1H3,(H,19,20);1-6H,7-8H2,(H,15,18)(H,16,17);2-4H,12H2,1H3;1H3;1H4. The van der Waals surface area contributed by atoms with Gasteiger partial charge in [-0.15, -0.1) is 34.0 Å². The van der Waals surface area contributed by atoms with Gasteiger partial charge >= 0.3 is 36.7 Å². The van der Waals surface area contributed by atoms with Crippen LogP contribution in [0.2, 0.25) is 0 Å². The highest BCUT2D eigenvalue weighted by Gasteiger charge is 2.34. The number of thiazole rings is 3. The van der Waals surface area contributed by atoms with E-state index in [1.54, 1.807) is 0 Å². The maximum absolute atomic E-state index is 13.0. The lowest BCUT2D eigenvalue weighted by molar-refractivity contribution is -0.138. The molecule has 0 saturated carbocycles. The monoisotopic (exact) mass is 1340 g/mol. The first-order chi connectivity index (χ1) is 40.6. The molecule has 0 radical (unpaired) electrons. The van der Waals surface area contributed by atoms with Gasteiger partial charge in [0.25, 0.3) is 11.8 Å². The van der Waals surface area contributed by atoms with Crippen molar-refractivity contribution in [3.05, 3.63) is 208 Å². The van der Waals surface area contributed by atoms with Crippen LogP contribution in [0.25, 0.3) is 0 Å². The van der Waals surface area contributed by atoms with Crippen molar-refractivity contribution in [2.75, 3.05) is 22.2 Å². The van der Waals surface area contributed by atoms with Crippen LogP contribution in [0.1, 0.15) is 96.0 Å². The first-order valence-electron chi connectivity index (χ1n) is 24.6. The zero-order valence-electron chi connectivity index (χ0n) is 45.5. The van der Waals surface area contributed by atoms with E-state index in [2.05, 4.69) is 52.1 Å². The largest absolute Gasteiger partial charge is 0.477 e. The van der Waals surface area contributed by atoms with Crippen LogP contribution in [0.15, 0.2) is 134 Å². The fourth-order valence-electron chi connectivity index (χ4n) is 6.68. The molecule has 87 heavy (non-hydrogen) atoms. The summed E-state index contributed by atoms with van der Waals surface area (Å²) < 4.78 is 124. The van der Waals surface area contributed by atoms with Crippen molar-refractivity contribution >= 4 is 97.0 Å². The predicted molar refractivity (Wildman–Crippen MR) is 319 cm³/mol. The highest BCUT2D eigenvalue weighted by Crippen LogP contribution is 2.36. The quantitative estimate of drug-likeness (QED) is 0.0304. The van der Waals surface area contributed by atoms with Crippen LogP contribution in [0.5, 0.6) is 0 Å². The Morgan fingerprint density at radius 2 is 0.874 bits per heavy atom. The van der Waals surface area contributed by atoms with Gasteiger partial charge in [-0.05, 0) is 90.8 Å². The number of nitrogen functional groups attached to an aromatic ring is 1. The van der Waals surface area contributed by atoms with Gasteiger partial charge < -0.3 is 47.3 Å². The lowest BCUT2D eigenvalue weighted by atomic mass is 10.1. The number of nitrogens with one attached hydrogen (secondary N) is 4. The van der Waals surface area contributed by atoms with E-state index >= 15 is 0 Å². The molecule has 0 aliphatic rings. The third-order valence-corrected chi connectivity index (χ3v) is 13.9. The fraction of sp³-hybridized carbons (Fsp3) is 0.228. The first kappa shape index (κ1) is 72.8. The molecule has 0 aliphatic carbocycles. The number of carbonyl (C=O) groups is 5. The number of amides is 4. The van der Waals surface area contributed by atoms with Gasteiger partial charge in [0.15, 0.2) is 0 Å². The van der Waals surface area contributed by atoms with Gasteiger partial charge in [0, 0.05) is 23.6 Å². The number of halogens is 10. The number of hydrogen-bond acceptors (Lipinski definition) is 15. The van der Waals surface area contributed by atoms with Gasteiger partial charge in [0.2, 0.25) is 0 Å². The van der Waals surface area contributed by atoms with Gasteiger partial charge in [-0.3, -0.25) is 9.59 Å². The Labute approximate surface area is 513 Å². The fourth-order valence-corrected chi connectivity index (χ4v) is 8.82. The summed E-state index contributed by atoms with van der Waals surface area (Å²) in [6.45, 7) is 4.83. The number of carboxylic acid groups (broad SMARTS) is 1. The lowest BCUT2D eigenvalue weighted by Gasteiger charge is -2.12. The minimum Gasteiger partial charge on any atom is -0.477 e. The van der Waals surface area contributed by atoms with Crippen molar-refractivity contribution in [3.63, 3.8) is 0 Å². The number of ether oxygens (including phenoxy) is 2. The molecular formula is C57H57BrF9N9O8S3. The Hall–Kier alpha value is -8.45. The number of anilines is 3. The van der Waals surface area contributed by atoms with E-state index in [0.29, 0.717) is 19.9 Å². The molecule has 466 valence electrons. The SMILES string of the molecule is C.CBr.Cc1ccc(N)cc1C(F)(F)F.Cc1ccc(NC(=O)c2cnc(CN)s2)cc1C(F)(F)F.Cc1ccc(NC(=O)c2cnc(CNC(=O)OCc3ccccc3)s2)cc1C(F)(F)F.O=C(NCc1ncc(C(=O)O)s1)OCc1ccccc1. The molecule has 0 fully saturated rings. The summed E-state index contributed by atoms with van der Waals surface area (Å²) in [5, 5.41) is 20.2. The molecule has 0 spiro atoms. The van der Waals surface area contributed by atoms with Gasteiger partial charge in [-0.25, -0.2) is 29.3 Å². The minimum absolute atomic E-state index is 0. The van der Waals surface area contributed by atoms with Crippen molar-refractivity contribution < 1.29 is 78.1 Å². The van der Waals surface area contributed by atoms with E-state index in [1.165, 1.54) is 75.8 Å². The molecular weight excluding hydrogens is 1290 g/mol. The van der Waals surface area contributed by atoms with Crippen LogP contribution < -0.4 is 32.7 Å². The van der Waals surface area contributed by atoms with E-state index < -0.39 is 65.2 Å². The van der Waals surface area contributed by atoms with Crippen molar-refractivity contribution in [2.45, 2.75) is 79.6 Å². The molecule has 0 saturated heterocycles. The van der Waals surface area contributed by atoms with Crippen LogP contribution in [-0.2, 0) is 60.9 Å². The summed E-state index contributed by atoms with van der Waals surface area (Å²) in [6.07, 6.45) is -10.6. The third-order valence-electron chi connectivity index (χ3n) is 10.9. The van der Waals surface area contributed by atoms with Crippen molar-refractivity contribution in [2.24, 2.45) is 5.73 Å². The van der Waals surface area contributed by atoms with Gasteiger partial charge in [0.1, 0.15) is 42.9 Å². The lowest BCUT2D eigenvalue weighted by Crippen LogP contribution is -2.23. The van der Waals surface area contributed by atoms with Crippen LogP contribution >= 0.6 is 49.9 Å². The molecule has 3 heterocycles. The number of aromatic carboxylic acids is 1. The normalized spacial score (nSPS) is 10.7. The number of aryl methyl sites for hydroxylation is 3. The molecule has 30 heteroatoms. The number of alkyl carbamates (subject to hydrolysis) is 2. The molecule has 0 unspecified atom stereocenters. The van der Waals surface area contributed by atoms with Crippen molar-refractivity contribution in [1.82, 2.24) is 25.6 Å². The number of nitrogens with two attached hydrogens (primary N) is 2. The van der Waals surface area contributed by atoms with Crippen molar-refractivity contribution in [1.29, 1.82) is 0 Å². The summed E-state index contributed by atoms with van der Waals surface area (Å²) in [5.41, 5.74) is 10.7. The molecule has 3 aromatic heterocycles. The Morgan fingerprint density at radius 3 is 1.22 bits per heavy atom. The van der Waals surface area contributed by atoms with Gasteiger partial charge in [0.05, 0.1) is 48.4 Å². The second-order valence-corrected chi connectivity index (χ2v) is 20.6. The zero-order chi connectivity index (χ0) is 63.8. The summed E-state index contributed by atoms with van der Waals surface area (Å²) in [7, 11) is 0. The average Bonchev–Trinajstić information content (AvgIpc) is 4.01. The second-order valence-electron chi connectivity index (χ2n) is 17.2. The van der Waals surface area contributed by atoms with Crippen LogP contribution in [-0.4, -0.2) is 55.9 Å². The molecule has 17 nitrogen and oxygen atoms in total. The topological polar surface area (TPSA) is 263 Å². The Kier molecular flexibility index (Phi) is 29.0. The number of benzene rings is 5. The molecule has 0 aliphatic heterocycles. The maximum atomic E-state index is 13.0. The molecule has 0 bridgehead atoms. The van der Waals surface area contributed by atoms with E-state index in [9.17, 15) is 63.5 Å². The third kappa shape index (κ3) is 24.8. The summed E-state index contributed by atoms with van der Waals surface area (Å²) in [4.78, 5) is 70.7. The molecule has 8 rings (SSSR count). The minimum atomic E-state index is -4.51. The molecule has 8 aromatic rings. The van der Waals surface area contributed by atoms with Crippen molar-refractivity contribution in [3.8, 4) is 0 Å². The number of aromatic nitrogens is 3. The highest BCUT2D eigenvalue weighted by atomic mass is 79.9. The summed E-state index contributed by atoms with van der Waals surface area (Å²) in [5.74, 6) is -0.315. The highest BCUT2D eigenvalue weighted by molar-refractivity contribution is 9.08. The number of alkyl halides is 10. The van der Waals surface area contributed by atoms with Crippen LogP contribution in [0.3, 0.4) is 0 Å². The zero-order valence-corrected chi connectivity index (χ0v) is 49.6. The summed E-state index contributed by atoms with van der Waals surface area (Å²) >= 11 is 6.07. The maximum Gasteiger partial charge on any atom is 0.416 e. The molecule has 9 N–H and O–H groups in total. The van der Waals surface area contributed by atoms with Gasteiger partial charge in [-0.1, -0.05) is 102 Å². The van der Waals surface area contributed by atoms with E-state index in [-0.39, 0.29) is 83.8 Å². The van der Waals surface area contributed by atoms with Crippen LogP contribution in [0.4, 0.5) is 66.2 Å². The number of carbonyl (C=O) groups excluding carboxylic acids is 4. The van der Waals surface area contributed by atoms with Crippen LogP contribution in [0, 0.1) is 20.8 Å². The number of rotatable bonds is 14. The van der Waals surface area contributed by atoms with Gasteiger partial charge in [-0.2, -0.15) is 39.5 Å². The second kappa shape index (κ2) is 34.6. The molecule has 4 amide bonds. The van der Waals surface area contributed by atoms with E-state index in [1.807, 2.05) is 66.5 Å². The van der Waals surface area contributed by atoms with E-state index in [4.69, 9.17) is 26.0 Å². The number of hydrogen-bond donors (Lipinski definition) is 7. The average molecular weight is 1340 g/mol. The molecule has 0 atom stereocenters. The Morgan fingerprint density at radius 1 is 0.529 bits per heavy atom. The number of carboxylic acids is 1. The molecule has 5 aromatic carbocycles. The number of nitrogens with zero attached hydrogens (tertiary/aromatic N) is 3.